The number of piperidine rings is 1. The van der Waals surface area contributed by atoms with Gasteiger partial charge in [-0.05, 0) is 75.1 Å². The van der Waals surface area contributed by atoms with Crippen LogP contribution in [0.15, 0.2) is 53.4 Å². The summed E-state index contributed by atoms with van der Waals surface area (Å²) in [5, 5.41) is 4.46. The Kier molecular flexibility index (Phi) is 9.41. The van der Waals surface area contributed by atoms with E-state index in [0.717, 1.165) is 31.2 Å². The molecule has 2 aromatic heterocycles. The second-order valence-corrected chi connectivity index (χ2v) is 15.0. The minimum atomic E-state index is -3.80. The zero-order valence-corrected chi connectivity index (χ0v) is 27.9. The average Bonchev–Trinajstić information content (AvgIpc) is 3.65. The molecule has 0 aliphatic carbocycles. The standard InChI is InChI=1S/C32H34N4O7S3/c1-3-42-31(38)21-13-17-36(18-14-21)46(40,41)22-11-9-20(10-12-22)28(37)34-30-27(29-33-24-7-5-6-8-25(24)44-29)23-15-16-35(19-26(23)45-30)32(39)43-4-2/h5-12,21H,3-4,13-19H2,1-2H3,(H,34,37). The molecule has 0 saturated carbocycles. The van der Waals surface area contributed by atoms with Crippen LogP contribution in [0.5, 0.6) is 0 Å². The Hall–Kier alpha value is -3.85. The molecule has 2 aliphatic heterocycles. The number of thiazole rings is 1. The van der Waals surface area contributed by atoms with Crippen molar-refractivity contribution in [1.82, 2.24) is 14.2 Å². The maximum atomic E-state index is 13.5. The molecule has 0 unspecified atom stereocenters. The molecule has 11 nitrogen and oxygen atoms in total. The first-order valence-corrected chi connectivity index (χ1v) is 18.3. The molecular formula is C32H34N4O7S3. The van der Waals surface area contributed by atoms with Gasteiger partial charge in [-0.1, -0.05) is 12.1 Å². The number of hydrogen-bond acceptors (Lipinski definition) is 10. The Balaban J connectivity index is 1.22. The van der Waals surface area contributed by atoms with Gasteiger partial charge in [0.05, 0.1) is 40.8 Å². The van der Waals surface area contributed by atoms with Crippen molar-refractivity contribution in [3.8, 4) is 10.6 Å². The van der Waals surface area contributed by atoms with E-state index < -0.39 is 10.0 Å². The molecule has 1 saturated heterocycles. The highest BCUT2D eigenvalue weighted by Gasteiger charge is 2.33. The van der Waals surface area contributed by atoms with Crippen LogP contribution in [0.25, 0.3) is 20.8 Å². The molecule has 4 heterocycles. The number of carbonyl (C=O) groups is 3. The second kappa shape index (κ2) is 13.5. The molecular weight excluding hydrogens is 649 g/mol. The summed E-state index contributed by atoms with van der Waals surface area (Å²) in [7, 11) is -3.80. The third-order valence-electron chi connectivity index (χ3n) is 8.15. The van der Waals surface area contributed by atoms with Crippen molar-refractivity contribution in [2.24, 2.45) is 5.92 Å². The summed E-state index contributed by atoms with van der Waals surface area (Å²) in [4.78, 5) is 45.7. The Morgan fingerprint density at radius 2 is 1.67 bits per heavy atom. The van der Waals surface area contributed by atoms with Crippen molar-refractivity contribution < 1.29 is 32.3 Å². The summed E-state index contributed by atoms with van der Waals surface area (Å²) in [6.45, 7) is 5.41. The number of para-hydroxylation sites is 1. The molecule has 2 aliphatic rings. The van der Waals surface area contributed by atoms with Crippen LogP contribution in [-0.4, -0.2) is 73.4 Å². The largest absolute Gasteiger partial charge is 0.466 e. The van der Waals surface area contributed by atoms with Crippen LogP contribution in [0.4, 0.5) is 9.80 Å². The highest BCUT2D eigenvalue weighted by Crippen LogP contribution is 2.46. The van der Waals surface area contributed by atoms with Gasteiger partial charge in [-0.2, -0.15) is 4.31 Å². The molecule has 0 radical (unpaired) electrons. The first kappa shape index (κ1) is 32.1. The van der Waals surface area contributed by atoms with Gasteiger partial charge >= 0.3 is 12.1 Å². The Morgan fingerprint density at radius 1 is 0.957 bits per heavy atom. The lowest BCUT2D eigenvalue weighted by Gasteiger charge is -2.30. The first-order chi connectivity index (χ1) is 22.2. The lowest BCUT2D eigenvalue weighted by Crippen LogP contribution is -2.40. The summed E-state index contributed by atoms with van der Waals surface area (Å²) >= 11 is 2.95. The summed E-state index contributed by atoms with van der Waals surface area (Å²) in [5.41, 5.74) is 3.07. The lowest BCUT2D eigenvalue weighted by atomic mass is 9.98. The number of fused-ring (bicyclic) bond motifs is 2. The van der Waals surface area contributed by atoms with Crippen LogP contribution < -0.4 is 5.32 Å². The van der Waals surface area contributed by atoms with Crippen LogP contribution in [0, 0.1) is 5.92 Å². The Morgan fingerprint density at radius 3 is 2.37 bits per heavy atom. The zero-order chi connectivity index (χ0) is 32.4. The van der Waals surface area contributed by atoms with E-state index in [9.17, 15) is 22.8 Å². The molecule has 0 bridgehead atoms. The fourth-order valence-electron chi connectivity index (χ4n) is 5.76. The topological polar surface area (TPSA) is 135 Å². The van der Waals surface area contributed by atoms with E-state index in [-0.39, 0.29) is 41.9 Å². The van der Waals surface area contributed by atoms with Gasteiger partial charge in [-0.25, -0.2) is 18.2 Å². The molecule has 242 valence electrons. The van der Waals surface area contributed by atoms with Crippen LogP contribution in [0.2, 0.25) is 0 Å². The van der Waals surface area contributed by atoms with E-state index in [1.54, 1.807) is 30.1 Å². The van der Waals surface area contributed by atoms with E-state index >= 15 is 0 Å². The van der Waals surface area contributed by atoms with E-state index in [0.29, 0.717) is 56.1 Å². The number of aromatic nitrogens is 1. The van der Waals surface area contributed by atoms with Crippen molar-refractivity contribution in [3.63, 3.8) is 0 Å². The maximum Gasteiger partial charge on any atom is 0.410 e. The number of rotatable bonds is 8. The molecule has 0 spiro atoms. The molecule has 4 aromatic rings. The van der Waals surface area contributed by atoms with E-state index in [4.69, 9.17) is 14.5 Å². The Labute approximate surface area is 275 Å². The number of carbonyl (C=O) groups excluding carboxylic acids is 3. The average molecular weight is 683 g/mol. The van der Waals surface area contributed by atoms with Gasteiger partial charge in [0, 0.05) is 35.6 Å². The maximum absolute atomic E-state index is 13.5. The van der Waals surface area contributed by atoms with Gasteiger partial charge in [0.15, 0.2) is 0 Å². The highest BCUT2D eigenvalue weighted by atomic mass is 32.2. The number of ether oxygens (including phenoxy) is 2. The third-order valence-corrected chi connectivity index (χ3v) is 12.2. The van der Waals surface area contributed by atoms with Crippen LogP contribution in [0.1, 0.15) is 47.5 Å². The van der Waals surface area contributed by atoms with Crippen molar-refractivity contribution in [2.45, 2.75) is 44.6 Å². The predicted octanol–water partition coefficient (Wildman–Crippen LogP) is 5.76. The number of hydrogen-bond donors (Lipinski definition) is 1. The normalized spacial score (nSPS) is 15.8. The number of thiophene rings is 1. The fraction of sp³-hybridized carbons (Fsp3) is 0.375. The van der Waals surface area contributed by atoms with Crippen LogP contribution in [-0.2, 0) is 37.3 Å². The van der Waals surface area contributed by atoms with Gasteiger partial charge in [0.2, 0.25) is 10.0 Å². The van der Waals surface area contributed by atoms with Crippen LogP contribution >= 0.6 is 22.7 Å². The Bertz CT molecular complexity index is 1840. The third kappa shape index (κ3) is 6.39. The summed E-state index contributed by atoms with van der Waals surface area (Å²) < 4.78 is 39.4. The first-order valence-electron chi connectivity index (χ1n) is 15.2. The monoisotopic (exact) mass is 682 g/mol. The van der Waals surface area contributed by atoms with Gasteiger partial charge in [-0.15, -0.1) is 22.7 Å². The smallest absolute Gasteiger partial charge is 0.410 e. The minimum Gasteiger partial charge on any atom is -0.466 e. The number of nitrogens with zero attached hydrogens (tertiary/aromatic N) is 3. The molecule has 0 atom stereocenters. The quantitative estimate of drug-likeness (QED) is 0.232. The minimum absolute atomic E-state index is 0.0828. The number of esters is 1. The van der Waals surface area contributed by atoms with Gasteiger partial charge in [-0.3, -0.25) is 9.59 Å². The van der Waals surface area contributed by atoms with E-state index in [1.807, 2.05) is 24.3 Å². The van der Waals surface area contributed by atoms with Crippen LogP contribution in [0.3, 0.4) is 0 Å². The van der Waals surface area contributed by atoms with Gasteiger partial charge in [0.25, 0.3) is 5.91 Å². The van der Waals surface area contributed by atoms with Crippen molar-refractivity contribution in [1.29, 1.82) is 0 Å². The van der Waals surface area contributed by atoms with Crippen molar-refractivity contribution in [3.05, 3.63) is 64.5 Å². The number of benzene rings is 2. The van der Waals surface area contributed by atoms with E-state index in [2.05, 4.69) is 5.32 Å². The summed E-state index contributed by atoms with van der Waals surface area (Å²) in [6.07, 6.45) is 1.03. The van der Waals surface area contributed by atoms with Crippen molar-refractivity contribution in [2.75, 3.05) is 38.2 Å². The molecule has 6 rings (SSSR count). The lowest BCUT2D eigenvalue weighted by molar-refractivity contribution is -0.149. The van der Waals surface area contributed by atoms with Crippen molar-refractivity contribution >= 4 is 65.9 Å². The summed E-state index contributed by atoms with van der Waals surface area (Å²) in [6, 6.07) is 13.7. The zero-order valence-electron chi connectivity index (χ0n) is 25.5. The van der Waals surface area contributed by atoms with E-state index in [1.165, 1.54) is 39.9 Å². The van der Waals surface area contributed by atoms with Gasteiger partial charge in [0.1, 0.15) is 10.0 Å². The highest BCUT2D eigenvalue weighted by molar-refractivity contribution is 7.89. The molecule has 14 heteroatoms. The number of amides is 2. The molecule has 2 amide bonds. The molecule has 1 N–H and O–H groups in total. The SMILES string of the molecule is CCOC(=O)C1CCN(S(=O)(=O)c2ccc(C(=O)Nc3sc4c(c3-c3nc5ccccc5s3)CCN(C(=O)OCC)C4)cc2)CC1. The molecule has 1 fully saturated rings. The molecule has 46 heavy (non-hydrogen) atoms. The fourth-order valence-corrected chi connectivity index (χ4v) is 9.60. The number of sulfonamides is 1. The molecule has 2 aromatic carbocycles. The number of nitrogens with one attached hydrogen (secondary N) is 1. The summed E-state index contributed by atoms with van der Waals surface area (Å²) in [5.74, 6) is -0.979. The number of anilines is 1. The second-order valence-electron chi connectivity index (χ2n) is 11.0. The van der Waals surface area contributed by atoms with Gasteiger partial charge < -0.3 is 19.7 Å². The predicted molar refractivity (Wildman–Crippen MR) is 177 cm³/mol.